The summed E-state index contributed by atoms with van der Waals surface area (Å²) >= 11 is 30.0. The fourth-order valence-corrected chi connectivity index (χ4v) is 0.470. The fraction of sp³-hybridized carbons (Fsp3) is 0.143. The Hall–Kier alpha value is 1.30. The smallest absolute Gasteiger partial charge is 0.0506 e. The molecule has 0 fully saturated rings. The number of halogens is 6. The molecule has 1 rings (SSSR count). The van der Waals surface area contributed by atoms with Crippen LogP contribution in [0.2, 0.25) is 0 Å². The Kier molecular flexibility index (Phi) is 5.09. The van der Waals surface area contributed by atoms with Gasteiger partial charge in [0.2, 0.25) is 0 Å². The van der Waals surface area contributed by atoms with Crippen LogP contribution in [0.15, 0.2) is 30.4 Å². The van der Waals surface area contributed by atoms with Crippen LogP contribution in [0.25, 0.3) is 0 Å². The van der Waals surface area contributed by atoms with E-state index < -0.39 is 2.06 Å². The Morgan fingerprint density at radius 3 is 1.86 bits per heavy atom. The van der Waals surface area contributed by atoms with Crippen LogP contribution in [0.4, 0.5) is 0 Å². The standard InChI is InChI=1S/C7H7.Cl6P/c1-2-4-6-7-5-3-1;1-7(2,3,4,5)6/h1-5H,6H2;/q+1;-1. The van der Waals surface area contributed by atoms with E-state index >= 15 is 0 Å². The van der Waals surface area contributed by atoms with Gasteiger partial charge in [-0.2, -0.15) is 0 Å². The first-order valence-electron chi connectivity index (χ1n) is 3.40. The van der Waals surface area contributed by atoms with E-state index in [4.69, 9.17) is 67.4 Å². The van der Waals surface area contributed by atoms with E-state index in [0.29, 0.717) is 0 Å². The van der Waals surface area contributed by atoms with Crippen molar-refractivity contribution >= 4 is 69.5 Å². The summed E-state index contributed by atoms with van der Waals surface area (Å²) in [5.41, 5.74) is 0. The molecule has 0 aromatic rings. The second-order valence-corrected chi connectivity index (χ2v) is 27.3. The molecule has 0 saturated carbocycles. The Balaban J connectivity index is 0.000000241. The molecule has 0 unspecified atom stereocenters. The Labute approximate surface area is 112 Å². The molecule has 0 atom stereocenters. The van der Waals surface area contributed by atoms with Crippen molar-refractivity contribution in [3.05, 3.63) is 36.5 Å². The van der Waals surface area contributed by atoms with Crippen LogP contribution in [0.5, 0.6) is 0 Å². The molecule has 14 heavy (non-hydrogen) atoms. The molecule has 1 aliphatic carbocycles. The van der Waals surface area contributed by atoms with Gasteiger partial charge in [0.1, 0.15) is 6.42 Å². The number of hydrogen-bond acceptors (Lipinski definition) is 0. The summed E-state index contributed by atoms with van der Waals surface area (Å²) < 4.78 is -4.82. The summed E-state index contributed by atoms with van der Waals surface area (Å²) in [6, 6.07) is 0. The zero-order valence-corrected chi connectivity index (χ0v) is 12.2. The van der Waals surface area contributed by atoms with Crippen LogP contribution < -0.4 is 0 Å². The largest absolute Gasteiger partial charge is 0.155 e. The van der Waals surface area contributed by atoms with Crippen LogP contribution >= 0.6 is 69.5 Å². The van der Waals surface area contributed by atoms with Crippen molar-refractivity contribution in [1.82, 2.24) is 0 Å². The zero-order chi connectivity index (χ0) is 11.4. The van der Waals surface area contributed by atoms with Crippen molar-refractivity contribution < 1.29 is 0 Å². The third-order valence-corrected chi connectivity index (χ3v) is 0.808. The first-order valence-corrected chi connectivity index (χ1v) is 11.5. The first-order chi connectivity index (χ1) is 5.95. The van der Waals surface area contributed by atoms with Gasteiger partial charge in [0, 0.05) is 6.08 Å². The van der Waals surface area contributed by atoms with Crippen molar-refractivity contribution in [3.63, 3.8) is 0 Å². The summed E-state index contributed by atoms with van der Waals surface area (Å²) in [5.74, 6) is 0. The molecular weight excluding hydrogens is 328 g/mol. The van der Waals surface area contributed by atoms with Crippen molar-refractivity contribution in [3.8, 4) is 0 Å². The minimum atomic E-state index is -4.82. The minimum absolute atomic E-state index is 0.951. The third-order valence-electron chi connectivity index (χ3n) is 0.808. The number of hydrogen-bond donors (Lipinski definition) is 0. The van der Waals surface area contributed by atoms with E-state index in [9.17, 15) is 0 Å². The molecule has 0 heterocycles. The molecule has 0 amide bonds. The van der Waals surface area contributed by atoms with Gasteiger partial charge in [-0.25, -0.2) is 0 Å². The molecule has 0 aliphatic heterocycles. The van der Waals surface area contributed by atoms with Gasteiger partial charge in [0.25, 0.3) is 0 Å². The third kappa shape index (κ3) is 29.2. The van der Waals surface area contributed by atoms with Crippen LogP contribution in [0.1, 0.15) is 6.42 Å². The molecule has 1 aliphatic rings. The van der Waals surface area contributed by atoms with Gasteiger partial charge in [0.05, 0.1) is 12.2 Å². The quantitative estimate of drug-likeness (QED) is 0.335. The number of rotatable bonds is 0. The van der Waals surface area contributed by atoms with Gasteiger partial charge in [0.15, 0.2) is 6.08 Å². The number of allylic oxidation sites excluding steroid dienone is 6. The van der Waals surface area contributed by atoms with Crippen molar-refractivity contribution in [1.29, 1.82) is 0 Å². The maximum Gasteiger partial charge on any atom is 0.155 e. The van der Waals surface area contributed by atoms with Gasteiger partial charge in [-0.05, 0) is 6.08 Å². The molecule has 0 N–H and O–H groups in total. The SMILES string of the molecule is Cl[P-](Cl)(Cl)(Cl)(Cl)Cl.[C+]1=CC=CC=CC1. The molecule has 7 heteroatoms. The van der Waals surface area contributed by atoms with Gasteiger partial charge in [-0.3, -0.25) is 0 Å². The van der Waals surface area contributed by atoms with E-state index in [1.807, 2.05) is 24.3 Å². The van der Waals surface area contributed by atoms with Gasteiger partial charge < -0.3 is 0 Å². The van der Waals surface area contributed by atoms with Gasteiger partial charge in [-0.1, -0.05) is 6.08 Å². The second kappa shape index (κ2) is 4.66. The molecule has 0 aromatic carbocycles. The van der Waals surface area contributed by atoms with Crippen LogP contribution in [0.3, 0.4) is 0 Å². The summed E-state index contributed by atoms with van der Waals surface area (Å²) in [5, 5.41) is 0. The average molecular weight is 335 g/mol. The van der Waals surface area contributed by atoms with E-state index in [0.717, 1.165) is 6.42 Å². The maximum absolute atomic E-state index is 5.00. The monoisotopic (exact) mass is 332 g/mol. The predicted octanol–water partition coefficient (Wildman–Crippen LogP) is 6.86. The van der Waals surface area contributed by atoms with Crippen molar-refractivity contribution in [2.45, 2.75) is 6.42 Å². The Morgan fingerprint density at radius 2 is 1.36 bits per heavy atom. The van der Waals surface area contributed by atoms with E-state index in [-0.39, 0.29) is 0 Å². The summed E-state index contributed by atoms with van der Waals surface area (Å²) in [6.45, 7) is 0. The predicted molar refractivity (Wildman–Crippen MR) is 72.7 cm³/mol. The normalized spacial score (nSPS) is 19.6. The Bertz CT molecular complexity index is 241. The van der Waals surface area contributed by atoms with Crippen LogP contribution in [0, 0.1) is 6.08 Å². The summed E-state index contributed by atoms with van der Waals surface area (Å²) in [4.78, 5) is 0. The van der Waals surface area contributed by atoms with Crippen LogP contribution in [-0.4, -0.2) is 0 Å². The molecular formula is C7H7Cl6P. The molecule has 0 spiro atoms. The molecule has 0 aromatic heterocycles. The van der Waals surface area contributed by atoms with Crippen molar-refractivity contribution in [2.24, 2.45) is 0 Å². The molecule has 82 valence electrons. The topological polar surface area (TPSA) is 0 Å². The first kappa shape index (κ1) is 15.3. The van der Waals surface area contributed by atoms with Crippen molar-refractivity contribution in [2.75, 3.05) is 0 Å². The molecule has 0 radical (unpaired) electrons. The van der Waals surface area contributed by atoms with E-state index in [2.05, 4.69) is 12.2 Å². The molecule has 0 saturated heterocycles. The summed E-state index contributed by atoms with van der Waals surface area (Å²) in [6.07, 6.45) is 14.0. The second-order valence-electron chi connectivity index (χ2n) is 2.35. The average Bonchev–Trinajstić information content (AvgIpc) is 2.06. The van der Waals surface area contributed by atoms with Gasteiger partial charge in [-0.15, -0.1) is 0 Å². The summed E-state index contributed by atoms with van der Waals surface area (Å²) in [7, 11) is 0. The fourth-order valence-electron chi connectivity index (χ4n) is 0.470. The molecule has 0 bridgehead atoms. The maximum atomic E-state index is 5.00. The zero-order valence-electron chi connectivity index (χ0n) is 6.81. The minimum Gasteiger partial charge on any atom is -0.0506 e. The van der Waals surface area contributed by atoms with Crippen LogP contribution in [-0.2, 0) is 0 Å². The Morgan fingerprint density at radius 1 is 0.857 bits per heavy atom. The van der Waals surface area contributed by atoms with E-state index in [1.165, 1.54) is 0 Å². The van der Waals surface area contributed by atoms with Gasteiger partial charge >= 0.3 is 69.5 Å². The van der Waals surface area contributed by atoms with E-state index in [1.54, 1.807) is 0 Å². The molecule has 0 nitrogen and oxygen atoms in total.